The summed E-state index contributed by atoms with van der Waals surface area (Å²) in [5.74, 6) is 0.419. The van der Waals surface area contributed by atoms with Crippen molar-refractivity contribution in [2.24, 2.45) is 0 Å². The van der Waals surface area contributed by atoms with Gasteiger partial charge in [-0.2, -0.15) is 0 Å². The minimum Gasteiger partial charge on any atom is -0.507 e. The molecule has 0 aliphatic heterocycles. The van der Waals surface area contributed by atoms with Gasteiger partial charge in [-0.15, -0.1) is 0 Å². The summed E-state index contributed by atoms with van der Waals surface area (Å²) < 4.78 is 5.22. The fourth-order valence-corrected chi connectivity index (χ4v) is 2.50. The van der Waals surface area contributed by atoms with E-state index in [1.165, 1.54) is 0 Å². The van der Waals surface area contributed by atoms with Crippen molar-refractivity contribution in [3.63, 3.8) is 0 Å². The van der Waals surface area contributed by atoms with Crippen molar-refractivity contribution in [3.8, 4) is 5.75 Å². The molecule has 1 aromatic rings. The Bertz CT molecular complexity index is 498. The number of phenolic OH excluding ortho intramolecular Hbond substituents is 1. The van der Waals surface area contributed by atoms with Crippen molar-refractivity contribution in [2.75, 3.05) is 7.11 Å². The largest absolute Gasteiger partial charge is 0.507 e. The van der Waals surface area contributed by atoms with Gasteiger partial charge in [0.25, 0.3) is 0 Å². The number of benzene rings is 1. The van der Waals surface area contributed by atoms with Crippen LogP contribution in [0.15, 0.2) is 12.1 Å². The van der Waals surface area contributed by atoms with Crippen LogP contribution < -0.4 is 0 Å². The van der Waals surface area contributed by atoms with E-state index in [4.69, 9.17) is 17.0 Å². The molecule has 0 saturated carbocycles. The van der Waals surface area contributed by atoms with E-state index in [0.717, 1.165) is 16.7 Å². The minimum absolute atomic E-state index is 0.0211. The lowest BCUT2D eigenvalue weighted by Crippen LogP contribution is -2.19. The second kappa shape index (κ2) is 5.96. The van der Waals surface area contributed by atoms with Crippen molar-refractivity contribution < 1.29 is 9.84 Å². The van der Waals surface area contributed by atoms with E-state index < -0.39 is 0 Å². The van der Waals surface area contributed by atoms with Gasteiger partial charge in [-0.1, -0.05) is 60.6 Å². The second-order valence-corrected chi connectivity index (χ2v) is 8.11. The first-order valence-electron chi connectivity index (χ1n) is 7.35. The third-order valence-electron chi connectivity index (χ3n) is 3.80. The molecule has 3 heteroatoms. The van der Waals surface area contributed by atoms with Crippen LogP contribution in [0.2, 0.25) is 0 Å². The smallest absolute Gasteiger partial charge is 0.166 e. The summed E-state index contributed by atoms with van der Waals surface area (Å²) in [6, 6.07) is 4.11. The molecule has 118 valence electrons. The van der Waals surface area contributed by atoms with E-state index in [9.17, 15) is 5.11 Å². The summed E-state index contributed by atoms with van der Waals surface area (Å²) in [5.41, 5.74) is 2.74. The Hall–Kier alpha value is -1.09. The number of thiocarbonyl (C=S) groups is 1. The molecular formula is C18H28O2S. The first-order valence-corrected chi connectivity index (χ1v) is 7.76. The molecule has 0 unspecified atom stereocenters. The van der Waals surface area contributed by atoms with Crippen LogP contribution in [0.25, 0.3) is 0 Å². The Balaban J connectivity index is 3.59. The normalized spacial score (nSPS) is 13.9. The molecule has 0 fully saturated rings. The van der Waals surface area contributed by atoms with Gasteiger partial charge in [0, 0.05) is 5.92 Å². The zero-order chi connectivity index (χ0) is 16.6. The Kier molecular flexibility index (Phi) is 5.09. The number of phenols is 1. The maximum Gasteiger partial charge on any atom is 0.166 e. The van der Waals surface area contributed by atoms with Crippen LogP contribution in [-0.4, -0.2) is 17.3 Å². The van der Waals surface area contributed by atoms with Gasteiger partial charge >= 0.3 is 0 Å². The van der Waals surface area contributed by atoms with E-state index >= 15 is 0 Å². The third kappa shape index (κ3) is 3.97. The molecule has 0 aromatic heterocycles. The summed E-state index contributed by atoms with van der Waals surface area (Å²) in [6.07, 6.45) is 0. The highest BCUT2D eigenvalue weighted by molar-refractivity contribution is 7.80. The molecule has 0 amide bonds. The van der Waals surface area contributed by atoms with Crippen LogP contribution in [-0.2, 0) is 15.6 Å². The highest BCUT2D eigenvalue weighted by Crippen LogP contribution is 2.41. The summed E-state index contributed by atoms with van der Waals surface area (Å²) in [7, 11) is 1.61. The van der Waals surface area contributed by atoms with Crippen LogP contribution in [0.5, 0.6) is 5.75 Å². The van der Waals surface area contributed by atoms with Gasteiger partial charge in [0.15, 0.2) is 5.05 Å². The first kappa shape index (κ1) is 18.0. The lowest BCUT2D eigenvalue weighted by Gasteiger charge is -2.29. The van der Waals surface area contributed by atoms with Gasteiger partial charge in [-0.25, -0.2) is 0 Å². The average molecular weight is 308 g/mol. The van der Waals surface area contributed by atoms with Crippen LogP contribution in [0.4, 0.5) is 0 Å². The lowest BCUT2D eigenvalue weighted by atomic mass is 9.77. The standard InChI is InChI=1S/C18H28O2S/c1-11(16(21)20-8)12-9-13(17(2,3)4)15(19)14(10-12)18(5,6)7/h9-11,19H,1-8H3/t11-/m1/s1. The van der Waals surface area contributed by atoms with Crippen molar-refractivity contribution in [3.05, 3.63) is 28.8 Å². The van der Waals surface area contributed by atoms with Gasteiger partial charge in [-0.05, 0) is 39.7 Å². The number of methoxy groups -OCH3 is 1. The van der Waals surface area contributed by atoms with E-state index in [1.54, 1.807) is 7.11 Å². The maximum atomic E-state index is 10.7. The number of hydrogen-bond donors (Lipinski definition) is 1. The summed E-state index contributed by atoms with van der Waals surface area (Å²) in [4.78, 5) is 0. The molecule has 1 aromatic carbocycles. The van der Waals surface area contributed by atoms with Gasteiger partial charge in [-0.3, -0.25) is 0 Å². The molecule has 0 aliphatic carbocycles. The number of hydrogen-bond acceptors (Lipinski definition) is 3. The molecule has 21 heavy (non-hydrogen) atoms. The van der Waals surface area contributed by atoms with E-state index in [0.29, 0.717) is 10.8 Å². The fraction of sp³-hybridized carbons (Fsp3) is 0.611. The molecule has 0 radical (unpaired) electrons. The molecule has 0 spiro atoms. The zero-order valence-corrected chi connectivity index (χ0v) is 15.3. The summed E-state index contributed by atoms with van der Waals surface area (Å²) in [5, 5.41) is 11.3. The van der Waals surface area contributed by atoms with E-state index in [-0.39, 0.29) is 16.7 Å². The number of rotatable bonds is 2. The lowest BCUT2D eigenvalue weighted by molar-refractivity contribution is 0.396. The fourth-order valence-electron chi connectivity index (χ4n) is 2.36. The monoisotopic (exact) mass is 308 g/mol. The molecule has 1 rings (SSSR count). The van der Waals surface area contributed by atoms with Crippen LogP contribution in [0.3, 0.4) is 0 Å². The predicted octanol–water partition coefficient (Wildman–Crippen LogP) is 5.06. The predicted molar refractivity (Wildman–Crippen MR) is 93.5 cm³/mol. The van der Waals surface area contributed by atoms with E-state index in [1.807, 2.05) is 6.92 Å². The highest BCUT2D eigenvalue weighted by Gasteiger charge is 2.28. The van der Waals surface area contributed by atoms with Gasteiger partial charge in [0.05, 0.1) is 7.11 Å². The Morgan fingerprint density at radius 1 is 1.05 bits per heavy atom. The van der Waals surface area contributed by atoms with E-state index in [2.05, 4.69) is 53.7 Å². The maximum absolute atomic E-state index is 10.7. The molecule has 2 nitrogen and oxygen atoms in total. The zero-order valence-electron chi connectivity index (χ0n) is 14.5. The topological polar surface area (TPSA) is 29.5 Å². The van der Waals surface area contributed by atoms with Gasteiger partial charge in [0.1, 0.15) is 5.75 Å². The Labute approximate surface area is 134 Å². The second-order valence-electron chi connectivity index (χ2n) is 7.71. The molecule has 0 bridgehead atoms. The third-order valence-corrected chi connectivity index (χ3v) is 4.32. The van der Waals surface area contributed by atoms with Crippen LogP contribution >= 0.6 is 12.2 Å². The summed E-state index contributed by atoms with van der Waals surface area (Å²) >= 11 is 5.28. The van der Waals surface area contributed by atoms with Crippen molar-refractivity contribution in [2.45, 2.75) is 65.2 Å². The van der Waals surface area contributed by atoms with Crippen molar-refractivity contribution >= 4 is 17.3 Å². The highest BCUT2D eigenvalue weighted by atomic mass is 32.1. The minimum atomic E-state index is -0.130. The number of aromatic hydroxyl groups is 1. The summed E-state index contributed by atoms with van der Waals surface area (Å²) in [6.45, 7) is 14.7. The van der Waals surface area contributed by atoms with Crippen LogP contribution in [0, 0.1) is 0 Å². The Morgan fingerprint density at radius 3 is 1.71 bits per heavy atom. The van der Waals surface area contributed by atoms with Gasteiger partial charge in [0.2, 0.25) is 0 Å². The average Bonchev–Trinajstić information content (AvgIpc) is 2.34. The molecule has 1 N–H and O–H groups in total. The van der Waals surface area contributed by atoms with Crippen molar-refractivity contribution in [1.82, 2.24) is 0 Å². The Morgan fingerprint density at radius 2 is 1.43 bits per heavy atom. The molecule has 0 saturated heterocycles. The molecule has 1 atom stereocenters. The molecular weight excluding hydrogens is 280 g/mol. The van der Waals surface area contributed by atoms with Crippen molar-refractivity contribution in [1.29, 1.82) is 0 Å². The quantitative estimate of drug-likeness (QED) is 0.774. The van der Waals surface area contributed by atoms with Gasteiger partial charge < -0.3 is 9.84 Å². The molecule has 0 aliphatic rings. The number of ether oxygens (including phenoxy) is 1. The molecule has 0 heterocycles. The first-order chi connectivity index (χ1) is 9.39. The van der Waals surface area contributed by atoms with Crippen LogP contribution in [0.1, 0.15) is 71.1 Å². The SMILES string of the molecule is COC(=S)[C@H](C)c1cc(C(C)(C)C)c(O)c(C(C)(C)C)c1.